The number of carbonyl (C=O) groups is 5. The Morgan fingerprint density at radius 1 is 0.493 bits per heavy atom. The number of hydrogen-bond donors (Lipinski definition) is 4. The number of halogens is 2. The Morgan fingerprint density at radius 3 is 1.26 bits per heavy atom. The van der Waals surface area contributed by atoms with E-state index < -0.39 is 31.5 Å². The van der Waals surface area contributed by atoms with E-state index in [0.717, 1.165) is 35.9 Å². The highest BCUT2D eigenvalue weighted by Gasteiger charge is 2.21. The van der Waals surface area contributed by atoms with E-state index in [4.69, 9.17) is 31.3 Å². The van der Waals surface area contributed by atoms with Gasteiger partial charge in [-0.1, -0.05) is 52.8 Å². The molecule has 0 heterocycles. The zero-order valence-corrected chi connectivity index (χ0v) is 38.0. The van der Waals surface area contributed by atoms with Gasteiger partial charge >= 0.3 is 0 Å². The number of anilines is 1. The summed E-state index contributed by atoms with van der Waals surface area (Å²) in [7, 11) is 0. The van der Waals surface area contributed by atoms with E-state index in [9.17, 15) is 63.1 Å². The molecule has 5 N–H and O–H groups in total. The number of rotatable bonds is 13. The number of nitro benzene ring substituents is 3. The zero-order valence-electron chi connectivity index (χ0n) is 38.0. The van der Waals surface area contributed by atoms with Crippen molar-refractivity contribution in [2.24, 2.45) is 0 Å². The summed E-state index contributed by atoms with van der Waals surface area (Å²) in [5.74, 6) is -2.14. The molecule has 0 aliphatic heterocycles. The van der Waals surface area contributed by atoms with E-state index >= 15 is 0 Å². The van der Waals surface area contributed by atoms with E-state index in [2.05, 4.69) is 0 Å². The molecule has 0 aliphatic carbocycles. The van der Waals surface area contributed by atoms with Gasteiger partial charge in [0.15, 0.2) is 28.9 Å². The van der Waals surface area contributed by atoms with Crippen molar-refractivity contribution in [3.63, 3.8) is 0 Å². The van der Waals surface area contributed by atoms with Gasteiger partial charge in [-0.05, 0) is 73.2 Å². The molecule has 0 unspecified atom stereocenters. The average molecular weight is 966 g/mol. The Kier molecular flexibility index (Phi) is 26.4. The predicted molar refractivity (Wildman–Crippen MR) is 246 cm³/mol. The van der Waals surface area contributed by atoms with Crippen LogP contribution in [0.5, 0.6) is 11.5 Å². The molecule has 0 saturated heterocycles. The molecule has 5 rings (SSSR count). The molecular weight excluding hydrogens is 917 g/mol. The number of ketones is 5. The summed E-state index contributed by atoms with van der Waals surface area (Å²) in [4.78, 5) is 94.2. The van der Waals surface area contributed by atoms with Crippen molar-refractivity contribution in [1.82, 2.24) is 0 Å². The number of phenolic OH excluding ortho intramolecular Hbond substituents is 2. The summed E-state index contributed by atoms with van der Waals surface area (Å²) in [6.07, 6.45) is 1.38. The monoisotopic (exact) mass is 965 g/mol. The highest BCUT2D eigenvalue weighted by Crippen LogP contribution is 2.25. The van der Waals surface area contributed by atoms with Crippen molar-refractivity contribution in [2.45, 2.75) is 73.6 Å². The minimum atomic E-state index is -1.50. The first-order valence-corrected chi connectivity index (χ1v) is 20.3. The predicted octanol–water partition coefficient (Wildman–Crippen LogP) is 10.4. The Morgan fingerprint density at radius 2 is 0.841 bits per heavy atom. The van der Waals surface area contributed by atoms with Crippen LogP contribution in [0.4, 0.5) is 31.5 Å². The molecule has 69 heavy (non-hydrogen) atoms. The van der Waals surface area contributed by atoms with E-state index in [1.807, 2.05) is 0 Å². The number of aromatic hydroxyl groups is 2. The lowest BCUT2D eigenvalue weighted by molar-refractivity contribution is -0.742. The number of Topliss-reactive ketones (excluding diaryl/α,β-unsaturated/α-hetero) is 5. The van der Waals surface area contributed by atoms with Gasteiger partial charge in [0, 0.05) is 67.1 Å². The molecule has 0 aliphatic rings. The molecular formula is C46H49F2N5O16. The molecule has 0 saturated carbocycles. The van der Waals surface area contributed by atoms with Crippen LogP contribution in [0.15, 0.2) is 97.1 Å². The molecule has 0 radical (unpaired) electrons. The van der Waals surface area contributed by atoms with Gasteiger partial charge in [-0.15, -0.1) is 10.1 Å². The Labute approximate surface area is 392 Å². The van der Waals surface area contributed by atoms with Crippen molar-refractivity contribution in [2.75, 3.05) is 5.73 Å². The third-order valence-corrected chi connectivity index (χ3v) is 8.67. The standard InChI is InChI=1S/C10H11NO3.C9H8FNO3.C9H9FO.C9H9NO4.C9H11NO2.HNO3/c1-3-10(12)8-6-7(2)4-5-9(8)11(13)14;1-2-9(12)7-5-6(10)3-4-8(7)11(13)14;1-2-9(11)7-4-3-5-8(10)6-7;1-2-9(12)7-5-6(11)3-4-8(7)10(13)14;1-2-9(12)7-5-6(11)3-4-8(7)10;2-1(3)4/h4-6H,3H2,1-2H3;3-5H,2H2,1H3;3-6H,2H2,1H3;3-5,11H,2H2,1H3;3-5,11H,2,10H2,1H3;(H,2,3,4). The van der Waals surface area contributed by atoms with Crippen LogP contribution in [0.1, 0.15) is 124 Å². The summed E-state index contributed by atoms with van der Waals surface area (Å²) in [5, 5.41) is 63.4. The fourth-order valence-corrected chi connectivity index (χ4v) is 5.24. The van der Waals surface area contributed by atoms with E-state index in [-0.39, 0.29) is 93.5 Å². The number of benzene rings is 5. The van der Waals surface area contributed by atoms with E-state index in [1.54, 1.807) is 59.7 Å². The van der Waals surface area contributed by atoms with Crippen LogP contribution in [0.2, 0.25) is 0 Å². The van der Waals surface area contributed by atoms with Gasteiger partial charge in [0.2, 0.25) is 0 Å². The number of nitrogen functional groups attached to an aromatic ring is 1. The van der Waals surface area contributed by atoms with Crippen molar-refractivity contribution in [3.8, 4) is 11.5 Å². The fourth-order valence-electron chi connectivity index (χ4n) is 5.24. The van der Waals surface area contributed by atoms with Gasteiger partial charge in [-0.3, -0.25) is 54.3 Å². The number of phenols is 2. The molecule has 5 aromatic rings. The second-order valence-electron chi connectivity index (χ2n) is 13.6. The van der Waals surface area contributed by atoms with Gasteiger partial charge in [-0.25, -0.2) is 8.78 Å². The van der Waals surface area contributed by atoms with Crippen molar-refractivity contribution >= 4 is 51.7 Å². The maximum absolute atomic E-state index is 12.7. The van der Waals surface area contributed by atoms with Crippen LogP contribution in [-0.2, 0) is 0 Å². The molecule has 0 atom stereocenters. The Bertz CT molecular complexity index is 2480. The normalized spacial score (nSPS) is 9.57. The first-order chi connectivity index (χ1) is 32.3. The molecule has 0 amide bonds. The third-order valence-electron chi connectivity index (χ3n) is 8.67. The fraction of sp³-hybridized carbons (Fsp3) is 0.239. The van der Waals surface area contributed by atoms with Crippen LogP contribution in [-0.4, -0.2) is 64.2 Å². The second-order valence-corrected chi connectivity index (χ2v) is 13.6. The Balaban J connectivity index is 0.000000823. The summed E-state index contributed by atoms with van der Waals surface area (Å²) >= 11 is 0. The minimum Gasteiger partial charge on any atom is -0.508 e. The first-order valence-electron chi connectivity index (χ1n) is 20.3. The van der Waals surface area contributed by atoms with Gasteiger partial charge in [-0.2, -0.15) is 0 Å². The smallest absolute Gasteiger partial charge is 0.291 e. The van der Waals surface area contributed by atoms with Gasteiger partial charge < -0.3 is 21.2 Å². The Hall–Kier alpha value is -8.89. The molecule has 5 aromatic carbocycles. The lowest BCUT2D eigenvalue weighted by Crippen LogP contribution is -2.03. The maximum Gasteiger partial charge on any atom is 0.291 e. The van der Waals surface area contributed by atoms with Crippen LogP contribution in [0.25, 0.3) is 0 Å². The summed E-state index contributed by atoms with van der Waals surface area (Å²) < 4.78 is 25.2. The minimum absolute atomic E-state index is 0.0236. The van der Waals surface area contributed by atoms with E-state index in [0.29, 0.717) is 29.7 Å². The molecule has 0 bridgehead atoms. The average Bonchev–Trinajstić information content (AvgIpc) is 3.31. The first kappa shape index (κ1) is 60.1. The second kappa shape index (κ2) is 30.3. The topological polar surface area (TPSA) is 345 Å². The van der Waals surface area contributed by atoms with Crippen molar-refractivity contribution < 1.29 is 68.0 Å². The van der Waals surface area contributed by atoms with Crippen LogP contribution in [0.3, 0.4) is 0 Å². The van der Waals surface area contributed by atoms with Gasteiger partial charge in [0.25, 0.3) is 22.1 Å². The third kappa shape index (κ3) is 21.3. The van der Waals surface area contributed by atoms with E-state index in [1.165, 1.54) is 48.5 Å². The number of aryl methyl sites for hydroxylation is 1. The van der Waals surface area contributed by atoms with Crippen LogP contribution >= 0.6 is 0 Å². The van der Waals surface area contributed by atoms with Crippen LogP contribution in [0, 0.1) is 59.0 Å². The SMILES string of the molecule is CCC(=O)c1cc(C)ccc1[N+](=O)[O-].CCC(=O)c1cc(F)ccc1[N+](=O)[O-].CCC(=O)c1cc(O)ccc1N.CCC(=O)c1cc(O)ccc1[N+](=O)[O-].CCC(=O)c1cccc(F)c1.O=[N+]([O-])O. The number of hydrogen-bond acceptors (Lipinski definition) is 16. The molecule has 0 fully saturated rings. The molecule has 368 valence electrons. The highest BCUT2D eigenvalue weighted by atomic mass is 19.1. The van der Waals surface area contributed by atoms with Gasteiger partial charge in [0.1, 0.15) is 23.1 Å². The lowest BCUT2D eigenvalue weighted by Gasteiger charge is -2.02. The van der Waals surface area contributed by atoms with Gasteiger partial charge in [0.05, 0.1) is 31.5 Å². The molecule has 0 spiro atoms. The number of nitrogens with two attached hydrogens (primary N) is 1. The van der Waals surface area contributed by atoms with Crippen molar-refractivity contribution in [3.05, 3.63) is 183 Å². The molecule has 0 aromatic heterocycles. The molecule has 21 nitrogen and oxygen atoms in total. The summed E-state index contributed by atoms with van der Waals surface area (Å²) in [6, 6.07) is 21.0. The zero-order chi connectivity index (χ0) is 53.1. The number of carbonyl (C=O) groups excluding carboxylic acids is 5. The summed E-state index contributed by atoms with van der Waals surface area (Å²) in [5.41, 5.74) is 6.92. The summed E-state index contributed by atoms with van der Waals surface area (Å²) in [6.45, 7) is 10.2. The highest BCUT2D eigenvalue weighted by molar-refractivity contribution is 6.02. The number of nitrogens with zero attached hydrogens (tertiary/aromatic N) is 4. The quantitative estimate of drug-likeness (QED) is 0.0280. The van der Waals surface area contributed by atoms with Crippen molar-refractivity contribution in [1.29, 1.82) is 0 Å². The number of nitro groups is 3. The maximum atomic E-state index is 12.7. The van der Waals surface area contributed by atoms with Crippen LogP contribution < -0.4 is 5.73 Å². The lowest BCUT2D eigenvalue weighted by atomic mass is 10.0. The molecule has 23 heteroatoms. The largest absolute Gasteiger partial charge is 0.508 e.